The first-order valence-corrected chi connectivity index (χ1v) is 7.39. The van der Waals surface area contributed by atoms with E-state index in [9.17, 15) is 0 Å². The van der Waals surface area contributed by atoms with Gasteiger partial charge in [-0.1, -0.05) is 0 Å². The number of hydrogen-bond donors (Lipinski definition) is 4. The Morgan fingerprint density at radius 2 is 1.35 bits per heavy atom. The first-order chi connectivity index (χ1) is 11.7. The van der Waals surface area contributed by atoms with E-state index in [1.807, 2.05) is 24.3 Å². The van der Waals surface area contributed by atoms with Crippen LogP contribution in [-0.4, -0.2) is 26.9 Å². The summed E-state index contributed by atoms with van der Waals surface area (Å²) in [6, 6.07) is 10.9. The first kappa shape index (κ1) is 19.8. The van der Waals surface area contributed by atoms with Gasteiger partial charge in [0.15, 0.2) is 11.5 Å². The number of rotatable bonds is 5. The molecular weight excluding hydrogens is 379 g/mol. The number of aromatic amines is 2. The standard InChI is InChI=1S/C16H16N6O2.2ClH/c17-9-16(18,14-7-10(19-21-14)12-3-1-5-23-12)15-8-11(20-22-15)13-4-2-6-24-13;;/h1-8H,9,17-18H2,(H,19,21)(H,20,22);2*1H. The zero-order valence-electron chi connectivity index (χ0n) is 13.5. The number of halogens is 2. The van der Waals surface area contributed by atoms with Crippen LogP contribution in [0.3, 0.4) is 0 Å². The molecule has 0 aliphatic carbocycles. The average Bonchev–Trinajstić information content (AvgIpc) is 3.41. The summed E-state index contributed by atoms with van der Waals surface area (Å²) >= 11 is 0. The summed E-state index contributed by atoms with van der Waals surface area (Å²) in [5.74, 6) is 1.30. The van der Waals surface area contributed by atoms with Crippen LogP contribution in [0.2, 0.25) is 0 Å². The third-order valence-electron chi connectivity index (χ3n) is 3.99. The summed E-state index contributed by atoms with van der Waals surface area (Å²) in [6.07, 6.45) is 3.18. The Morgan fingerprint density at radius 3 is 1.69 bits per heavy atom. The molecule has 0 fully saturated rings. The van der Waals surface area contributed by atoms with Crippen molar-refractivity contribution >= 4 is 24.8 Å². The van der Waals surface area contributed by atoms with Crippen LogP contribution in [0.1, 0.15) is 11.4 Å². The van der Waals surface area contributed by atoms with E-state index in [1.165, 1.54) is 0 Å². The molecule has 0 saturated carbocycles. The van der Waals surface area contributed by atoms with Gasteiger partial charge in [-0.25, -0.2) is 0 Å². The molecule has 4 aromatic heterocycles. The molecule has 26 heavy (non-hydrogen) atoms. The van der Waals surface area contributed by atoms with Gasteiger partial charge in [0.25, 0.3) is 0 Å². The van der Waals surface area contributed by atoms with Crippen molar-refractivity contribution in [2.45, 2.75) is 5.54 Å². The third-order valence-corrected chi connectivity index (χ3v) is 3.99. The molecule has 10 heteroatoms. The fraction of sp³-hybridized carbons (Fsp3) is 0.125. The molecule has 0 spiro atoms. The van der Waals surface area contributed by atoms with Crippen LogP contribution in [0.4, 0.5) is 0 Å². The van der Waals surface area contributed by atoms with Crippen LogP contribution in [-0.2, 0) is 5.54 Å². The number of H-pyrrole nitrogens is 2. The van der Waals surface area contributed by atoms with Crippen LogP contribution in [0, 0.1) is 0 Å². The molecule has 0 radical (unpaired) electrons. The lowest BCUT2D eigenvalue weighted by molar-refractivity contribution is 0.515. The largest absolute Gasteiger partial charge is 0.463 e. The highest BCUT2D eigenvalue weighted by atomic mass is 35.5. The van der Waals surface area contributed by atoms with Crippen molar-refractivity contribution in [1.29, 1.82) is 0 Å². The van der Waals surface area contributed by atoms with Crippen LogP contribution < -0.4 is 11.5 Å². The maximum absolute atomic E-state index is 6.54. The van der Waals surface area contributed by atoms with Gasteiger partial charge in [-0.15, -0.1) is 24.8 Å². The summed E-state index contributed by atoms with van der Waals surface area (Å²) in [5, 5.41) is 14.4. The van der Waals surface area contributed by atoms with E-state index in [-0.39, 0.29) is 31.4 Å². The number of hydrogen-bond acceptors (Lipinski definition) is 6. The number of nitrogens with one attached hydrogen (secondary N) is 2. The van der Waals surface area contributed by atoms with Gasteiger partial charge in [0.1, 0.15) is 16.9 Å². The molecular formula is C16H18Cl2N6O2. The highest BCUT2D eigenvalue weighted by Gasteiger charge is 2.33. The normalized spacial score (nSPS) is 11.0. The number of aromatic nitrogens is 4. The van der Waals surface area contributed by atoms with Gasteiger partial charge in [-0.2, -0.15) is 10.2 Å². The van der Waals surface area contributed by atoms with Crippen LogP contribution in [0.15, 0.2) is 57.8 Å². The summed E-state index contributed by atoms with van der Waals surface area (Å²) in [4.78, 5) is 0. The minimum atomic E-state index is -0.990. The molecule has 0 saturated heterocycles. The maximum Gasteiger partial charge on any atom is 0.154 e. The van der Waals surface area contributed by atoms with E-state index >= 15 is 0 Å². The maximum atomic E-state index is 6.54. The molecule has 4 aromatic rings. The van der Waals surface area contributed by atoms with Crippen molar-refractivity contribution in [2.75, 3.05) is 6.54 Å². The van der Waals surface area contributed by atoms with Crippen LogP contribution >= 0.6 is 24.8 Å². The van der Waals surface area contributed by atoms with Crippen molar-refractivity contribution in [2.24, 2.45) is 11.5 Å². The Morgan fingerprint density at radius 1 is 0.885 bits per heavy atom. The molecule has 0 unspecified atom stereocenters. The molecule has 0 aromatic carbocycles. The van der Waals surface area contributed by atoms with E-state index < -0.39 is 5.54 Å². The molecule has 4 rings (SSSR count). The monoisotopic (exact) mass is 396 g/mol. The van der Waals surface area contributed by atoms with Crippen molar-refractivity contribution in [3.05, 3.63) is 60.3 Å². The fourth-order valence-corrected chi connectivity index (χ4v) is 2.57. The lowest BCUT2D eigenvalue weighted by Gasteiger charge is -2.24. The Labute approximate surface area is 161 Å². The van der Waals surface area contributed by atoms with E-state index in [0.717, 1.165) is 0 Å². The number of nitrogens with zero attached hydrogens (tertiary/aromatic N) is 2. The SMILES string of the molecule is Cl.Cl.NCC(N)(c1cc(-c2ccco2)n[nH]1)c1cc(-c2ccco2)n[nH]1. The second-order valence-electron chi connectivity index (χ2n) is 5.46. The Bertz CT molecular complexity index is 857. The summed E-state index contributed by atoms with van der Waals surface area (Å²) in [6.45, 7) is 0.159. The molecule has 0 bridgehead atoms. The minimum Gasteiger partial charge on any atom is -0.463 e. The highest BCUT2D eigenvalue weighted by molar-refractivity contribution is 5.85. The zero-order chi connectivity index (χ0) is 16.6. The molecule has 138 valence electrons. The van der Waals surface area contributed by atoms with E-state index in [1.54, 1.807) is 24.7 Å². The van der Waals surface area contributed by atoms with Crippen molar-refractivity contribution in [3.8, 4) is 22.9 Å². The summed E-state index contributed by atoms with van der Waals surface area (Å²) in [7, 11) is 0. The molecule has 0 aliphatic rings. The van der Waals surface area contributed by atoms with Crippen molar-refractivity contribution < 1.29 is 8.83 Å². The molecule has 8 nitrogen and oxygen atoms in total. The lowest BCUT2D eigenvalue weighted by atomic mass is 9.92. The van der Waals surface area contributed by atoms with E-state index in [4.69, 9.17) is 20.3 Å². The topological polar surface area (TPSA) is 136 Å². The zero-order valence-corrected chi connectivity index (χ0v) is 15.1. The molecule has 0 atom stereocenters. The average molecular weight is 397 g/mol. The Balaban J connectivity index is 0.00000121. The van der Waals surface area contributed by atoms with Gasteiger partial charge >= 0.3 is 0 Å². The fourth-order valence-electron chi connectivity index (χ4n) is 2.57. The molecule has 4 heterocycles. The first-order valence-electron chi connectivity index (χ1n) is 7.39. The summed E-state index contributed by atoms with van der Waals surface area (Å²) < 4.78 is 10.7. The van der Waals surface area contributed by atoms with Gasteiger partial charge in [0.2, 0.25) is 0 Å². The van der Waals surface area contributed by atoms with Gasteiger partial charge in [0, 0.05) is 6.54 Å². The number of nitrogens with two attached hydrogens (primary N) is 2. The third kappa shape index (κ3) is 3.27. The second-order valence-corrected chi connectivity index (χ2v) is 5.46. The van der Waals surface area contributed by atoms with Crippen molar-refractivity contribution in [1.82, 2.24) is 20.4 Å². The van der Waals surface area contributed by atoms with Gasteiger partial charge in [0.05, 0.1) is 23.9 Å². The van der Waals surface area contributed by atoms with Gasteiger partial charge in [-0.3, -0.25) is 10.2 Å². The Kier molecular flexibility index (Phi) is 5.94. The van der Waals surface area contributed by atoms with Crippen LogP contribution in [0.5, 0.6) is 0 Å². The van der Waals surface area contributed by atoms with Gasteiger partial charge in [-0.05, 0) is 36.4 Å². The molecule has 0 amide bonds. The highest BCUT2D eigenvalue weighted by Crippen LogP contribution is 2.29. The van der Waals surface area contributed by atoms with E-state index in [2.05, 4.69) is 20.4 Å². The summed E-state index contributed by atoms with van der Waals surface area (Å²) in [5.41, 5.74) is 14.1. The van der Waals surface area contributed by atoms with Crippen molar-refractivity contribution in [3.63, 3.8) is 0 Å². The predicted octanol–water partition coefficient (Wildman–Crippen LogP) is 2.66. The smallest absolute Gasteiger partial charge is 0.154 e. The second kappa shape index (κ2) is 7.79. The predicted molar refractivity (Wildman–Crippen MR) is 101 cm³/mol. The van der Waals surface area contributed by atoms with E-state index in [0.29, 0.717) is 34.3 Å². The quantitative estimate of drug-likeness (QED) is 0.409. The van der Waals surface area contributed by atoms with Gasteiger partial charge < -0.3 is 20.3 Å². The Hall–Kier alpha value is -2.52. The van der Waals surface area contributed by atoms with Crippen LogP contribution in [0.25, 0.3) is 22.9 Å². The molecule has 0 aliphatic heterocycles. The molecule has 6 N–H and O–H groups in total. The lowest BCUT2D eigenvalue weighted by Crippen LogP contribution is -2.45. The minimum absolute atomic E-state index is 0. The number of furan rings is 2.